The van der Waals surface area contributed by atoms with Crippen LogP contribution in [0.3, 0.4) is 0 Å². The fourth-order valence-electron chi connectivity index (χ4n) is 2.75. The highest BCUT2D eigenvalue weighted by Gasteiger charge is 2.26. The lowest BCUT2D eigenvalue weighted by Gasteiger charge is -2.27. The van der Waals surface area contributed by atoms with Gasteiger partial charge in [-0.25, -0.2) is 0 Å². The maximum atomic E-state index is 12.1. The molecule has 1 rings (SSSR count). The molecule has 0 aromatic carbocycles. The van der Waals surface area contributed by atoms with Crippen LogP contribution in [-0.4, -0.2) is 12.3 Å². The van der Waals surface area contributed by atoms with Gasteiger partial charge >= 0.3 is 0 Å². The van der Waals surface area contributed by atoms with E-state index in [-0.39, 0.29) is 0 Å². The molecular formula is C14H27NO. The summed E-state index contributed by atoms with van der Waals surface area (Å²) in [7, 11) is 0. The van der Waals surface area contributed by atoms with E-state index < -0.39 is 0 Å². The van der Waals surface area contributed by atoms with Gasteiger partial charge in [-0.05, 0) is 44.1 Å². The summed E-state index contributed by atoms with van der Waals surface area (Å²) in [5, 5.41) is 0. The highest BCUT2D eigenvalue weighted by molar-refractivity contribution is 5.81. The maximum absolute atomic E-state index is 12.1. The van der Waals surface area contributed by atoms with Gasteiger partial charge in [-0.3, -0.25) is 4.79 Å². The summed E-state index contributed by atoms with van der Waals surface area (Å²) in [4.78, 5) is 12.1. The van der Waals surface area contributed by atoms with Gasteiger partial charge in [0.2, 0.25) is 0 Å². The lowest BCUT2D eigenvalue weighted by atomic mass is 9.78. The standard InChI is InChI=1S/C14H27NO/c1-3-11(4-2)9-14(16)13-7-5-12(10-15)6-8-13/h11-13H,3-10,15H2,1-2H3. The van der Waals surface area contributed by atoms with Crippen LogP contribution in [-0.2, 0) is 4.79 Å². The number of hydrogen-bond acceptors (Lipinski definition) is 2. The smallest absolute Gasteiger partial charge is 0.136 e. The normalized spacial score (nSPS) is 26.0. The summed E-state index contributed by atoms with van der Waals surface area (Å²) in [5.74, 6) is 2.16. The van der Waals surface area contributed by atoms with Gasteiger partial charge in [-0.2, -0.15) is 0 Å². The molecule has 2 N–H and O–H groups in total. The summed E-state index contributed by atoms with van der Waals surface area (Å²) >= 11 is 0. The van der Waals surface area contributed by atoms with E-state index >= 15 is 0 Å². The Hall–Kier alpha value is -0.370. The van der Waals surface area contributed by atoms with Gasteiger partial charge < -0.3 is 5.73 Å². The van der Waals surface area contributed by atoms with Gasteiger partial charge in [0, 0.05) is 12.3 Å². The molecule has 0 radical (unpaired) electrons. The Morgan fingerprint density at radius 2 is 1.75 bits per heavy atom. The van der Waals surface area contributed by atoms with Crippen molar-refractivity contribution >= 4 is 5.78 Å². The van der Waals surface area contributed by atoms with Crippen molar-refractivity contribution in [2.75, 3.05) is 6.54 Å². The van der Waals surface area contributed by atoms with Crippen molar-refractivity contribution in [2.24, 2.45) is 23.5 Å². The zero-order valence-electron chi connectivity index (χ0n) is 10.9. The summed E-state index contributed by atoms with van der Waals surface area (Å²) in [6.07, 6.45) is 7.58. The first-order valence-corrected chi connectivity index (χ1v) is 6.93. The van der Waals surface area contributed by atoms with Gasteiger partial charge in [0.05, 0.1) is 0 Å². The second-order valence-corrected chi connectivity index (χ2v) is 5.31. The molecule has 16 heavy (non-hydrogen) atoms. The van der Waals surface area contributed by atoms with Crippen LogP contribution in [0.4, 0.5) is 0 Å². The van der Waals surface area contributed by atoms with E-state index in [0.717, 1.165) is 51.5 Å². The van der Waals surface area contributed by atoms with Crippen LogP contribution in [0.2, 0.25) is 0 Å². The fourth-order valence-corrected chi connectivity index (χ4v) is 2.75. The molecule has 1 saturated carbocycles. The Bertz CT molecular complexity index is 203. The van der Waals surface area contributed by atoms with Crippen LogP contribution in [0.25, 0.3) is 0 Å². The number of nitrogens with two attached hydrogens (primary N) is 1. The van der Waals surface area contributed by atoms with Gasteiger partial charge in [-0.1, -0.05) is 26.7 Å². The number of hydrogen-bond donors (Lipinski definition) is 1. The van der Waals surface area contributed by atoms with Crippen LogP contribution in [0, 0.1) is 17.8 Å². The molecule has 2 heteroatoms. The molecule has 0 heterocycles. The number of carbonyl (C=O) groups excluding carboxylic acids is 1. The Morgan fingerprint density at radius 1 is 1.19 bits per heavy atom. The predicted octanol–water partition coefficient (Wildman–Crippen LogP) is 3.15. The average Bonchev–Trinajstić information content (AvgIpc) is 2.35. The van der Waals surface area contributed by atoms with Crippen molar-refractivity contribution in [1.29, 1.82) is 0 Å². The third kappa shape index (κ3) is 3.89. The first kappa shape index (κ1) is 13.7. The Labute approximate surface area is 100.0 Å². The van der Waals surface area contributed by atoms with Crippen molar-refractivity contribution < 1.29 is 4.79 Å². The molecule has 0 aromatic rings. The minimum atomic E-state index is 0.350. The quantitative estimate of drug-likeness (QED) is 0.754. The van der Waals surface area contributed by atoms with Gasteiger partial charge in [0.25, 0.3) is 0 Å². The Kier molecular flexibility index (Phi) is 6.04. The number of ketones is 1. The minimum absolute atomic E-state index is 0.350. The first-order chi connectivity index (χ1) is 7.71. The number of rotatable bonds is 6. The van der Waals surface area contributed by atoms with Crippen LogP contribution in [0.5, 0.6) is 0 Å². The predicted molar refractivity (Wildman–Crippen MR) is 68.2 cm³/mol. The average molecular weight is 225 g/mol. The highest BCUT2D eigenvalue weighted by atomic mass is 16.1. The monoisotopic (exact) mass is 225 g/mol. The molecule has 2 nitrogen and oxygen atoms in total. The third-order valence-corrected chi connectivity index (χ3v) is 4.28. The summed E-state index contributed by atoms with van der Waals surface area (Å²) in [6, 6.07) is 0. The lowest BCUT2D eigenvalue weighted by Crippen LogP contribution is -2.26. The number of Topliss-reactive ketones (excluding diaryl/α,β-unsaturated/α-hetero) is 1. The molecular weight excluding hydrogens is 198 g/mol. The third-order valence-electron chi connectivity index (χ3n) is 4.28. The van der Waals surface area contributed by atoms with Crippen molar-refractivity contribution in [3.63, 3.8) is 0 Å². The largest absolute Gasteiger partial charge is 0.330 e. The zero-order valence-corrected chi connectivity index (χ0v) is 10.9. The highest BCUT2D eigenvalue weighted by Crippen LogP contribution is 2.30. The van der Waals surface area contributed by atoms with Gasteiger partial charge in [0.1, 0.15) is 5.78 Å². The summed E-state index contributed by atoms with van der Waals surface area (Å²) in [5.41, 5.74) is 5.66. The molecule has 1 aliphatic rings. The van der Waals surface area contributed by atoms with Crippen LogP contribution < -0.4 is 5.73 Å². The molecule has 1 fully saturated rings. The molecule has 0 aromatic heterocycles. The molecule has 0 amide bonds. The van der Waals surface area contributed by atoms with Gasteiger partial charge in [0.15, 0.2) is 0 Å². The minimum Gasteiger partial charge on any atom is -0.330 e. The van der Waals surface area contributed by atoms with Gasteiger partial charge in [-0.15, -0.1) is 0 Å². The first-order valence-electron chi connectivity index (χ1n) is 6.93. The van der Waals surface area contributed by atoms with Crippen molar-refractivity contribution in [1.82, 2.24) is 0 Å². The molecule has 0 spiro atoms. The molecule has 0 atom stereocenters. The Morgan fingerprint density at radius 3 is 2.19 bits per heavy atom. The maximum Gasteiger partial charge on any atom is 0.136 e. The van der Waals surface area contributed by atoms with E-state index in [1.165, 1.54) is 0 Å². The molecule has 0 saturated heterocycles. The Balaban J connectivity index is 2.32. The molecule has 94 valence electrons. The second kappa shape index (κ2) is 7.05. The molecule has 0 aliphatic heterocycles. The molecule has 1 aliphatic carbocycles. The zero-order chi connectivity index (χ0) is 12.0. The van der Waals surface area contributed by atoms with E-state index in [4.69, 9.17) is 5.73 Å². The fraction of sp³-hybridized carbons (Fsp3) is 0.929. The van der Waals surface area contributed by atoms with E-state index in [1.54, 1.807) is 0 Å². The molecule has 0 bridgehead atoms. The second-order valence-electron chi connectivity index (χ2n) is 5.31. The SMILES string of the molecule is CCC(CC)CC(=O)C1CCC(CN)CC1. The van der Waals surface area contributed by atoms with Crippen LogP contribution in [0.1, 0.15) is 58.8 Å². The van der Waals surface area contributed by atoms with Crippen molar-refractivity contribution in [3.8, 4) is 0 Å². The van der Waals surface area contributed by atoms with Crippen molar-refractivity contribution in [2.45, 2.75) is 58.8 Å². The lowest BCUT2D eigenvalue weighted by molar-refractivity contribution is -0.125. The van der Waals surface area contributed by atoms with E-state index in [0.29, 0.717) is 23.5 Å². The topological polar surface area (TPSA) is 43.1 Å². The van der Waals surface area contributed by atoms with E-state index in [1.807, 2.05) is 0 Å². The summed E-state index contributed by atoms with van der Waals surface area (Å²) in [6.45, 7) is 5.17. The van der Waals surface area contributed by atoms with Crippen LogP contribution >= 0.6 is 0 Å². The van der Waals surface area contributed by atoms with Crippen molar-refractivity contribution in [3.05, 3.63) is 0 Å². The summed E-state index contributed by atoms with van der Waals surface area (Å²) < 4.78 is 0. The number of carbonyl (C=O) groups is 1. The van der Waals surface area contributed by atoms with E-state index in [2.05, 4.69) is 13.8 Å². The van der Waals surface area contributed by atoms with Crippen LogP contribution in [0.15, 0.2) is 0 Å². The van der Waals surface area contributed by atoms with E-state index in [9.17, 15) is 4.79 Å². The molecule has 0 unspecified atom stereocenters.